The molecule has 0 heterocycles. The molecule has 4 rings (SSSR count). The first-order valence-electron chi connectivity index (χ1n) is 9.88. The van der Waals surface area contributed by atoms with E-state index in [0.717, 1.165) is 11.4 Å². The van der Waals surface area contributed by atoms with Gasteiger partial charge in [0, 0.05) is 11.4 Å². The van der Waals surface area contributed by atoms with Crippen molar-refractivity contribution in [3.05, 3.63) is 109 Å². The van der Waals surface area contributed by atoms with Crippen molar-refractivity contribution >= 4 is 91.9 Å². The monoisotopic (exact) mass is 634 g/mol. The average Bonchev–Trinajstić information content (AvgIpc) is 2.80. The van der Waals surface area contributed by atoms with Gasteiger partial charge in [-0.15, -0.1) is 0 Å². The largest absolute Gasteiger partial charge is 2.00 e. The van der Waals surface area contributed by atoms with Crippen molar-refractivity contribution in [1.29, 1.82) is 0 Å². The Morgan fingerprint density at radius 1 is 0.457 bits per heavy atom. The second-order valence-electron chi connectivity index (χ2n) is 6.88. The Labute approximate surface area is 245 Å². The molecule has 0 spiro atoms. The minimum atomic E-state index is -4.47. The van der Waals surface area contributed by atoms with Gasteiger partial charge >= 0.3 is 48.9 Å². The average molecular weight is 634 g/mol. The summed E-state index contributed by atoms with van der Waals surface area (Å²) >= 11 is 0. The minimum Gasteiger partial charge on any atom is -0.744 e. The van der Waals surface area contributed by atoms with Gasteiger partial charge in [0.2, 0.25) is 0 Å². The van der Waals surface area contributed by atoms with Crippen molar-refractivity contribution < 1.29 is 25.9 Å². The minimum absolute atomic E-state index is 0. The van der Waals surface area contributed by atoms with Crippen molar-refractivity contribution in [1.82, 2.24) is 0 Å². The van der Waals surface area contributed by atoms with E-state index in [1.807, 2.05) is 36.4 Å². The van der Waals surface area contributed by atoms with Crippen LogP contribution in [0.3, 0.4) is 0 Å². The van der Waals surface area contributed by atoms with E-state index in [1.54, 1.807) is 48.5 Å². The molecule has 0 aromatic heterocycles. The molecular weight excluding hydrogens is 614 g/mol. The summed E-state index contributed by atoms with van der Waals surface area (Å²) in [4.78, 5) is -0.493. The molecule has 35 heavy (non-hydrogen) atoms. The molecule has 0 amide bonds. The van der Waals surface area contributed by atoms with Crippen LogP contribution < -0.4 is 10.6 Å². The summed E-state index contributed by atoms with van der Waals surface area (Å²) < 4.78 is 66.3. The van der Waals surface area contributed by atoms with Crippen molar-refractivity contribution in [2.24, 2.45) is 0 Å². The quantitative estimate of drug-likeness (QED) is 0.237. The zero-order valence-electron chi connectivity index (χ0n) is 18.4. The topological polar surface area (TPSA) is 138 Å². The van der Waals surface area contributed by atoms with Crippen LogP contribution in [0.4, 0.5) is 22.7 Å². The molecule has 0 unspecified atom stereocenters. The maximum atomic E-state index is 11.0. The molecule has 11 heteroatoms. The second kappa shape index (κ2) is 13.3. The molecule has 8 nitrogen and oxygen atoms in total. The SMILES string of the molecule is O=S(=O)([O-])c1ccccc1Nc1ccccc1.O=S(=O)([O-])c1ccccc1Nc1ccccc1.[Ba+2]. The van der Waals surface area contributed by atoms with E-state index in [4.69, 9.17) is 0 Å². The van der Waals surface area contributed by atoms with Crippen LogP contribution in [0, 0.1) is 0 Å². The number of nitrogens with one attached hydrogen (secondary N) is 2. The van der Waals surface area contributed by atoms with E-state index in [-0.39, 0.29) is 70.0 Å². The third-order valence-electron chi connectivity index (χ3n) is 4.42. The first-order valence-corrected chi connectivity index (χ1v) is 12.7. The number of rotatable bonds is 6. The molecule has 0 radical (unpaired) electrons. The first kappa shape index (κ1) is 29.1. The molecule has 0 fully saturated rings. The Hall–Kier alpha value is -2.13. The maximum absolute atomic E-state index is 11.0. The van der Waals surface area contributed by atoms with Gasteiger partial charge in [0.1, 0.15) is 20.2 Å². The van der Waals surface area contributed by atoms with E-state index in [1.165, 1.54) is 24.3 Å². The van der Waals surface area contributed by atoms with Gasteiger partial charge in [0.05, 0.1) is 21.2 Å². The number of hydrogen-bond acceptors (Lipinski definition) is 8. The Morgan fingerprint density at radius 2 is 0.743 bits per heavy atom. The molecule has 0 aliphatic carbocycles. The number of hydrogen-bond donors (Lipinski definition) is 2. The fourth-order valence-corrected chi connectivity index (χ4v) is 4.20. The Balaban J connectivity index is 0.000000240. The Bertz CT molecular complexity index is 1340. The van der Waals surface area contributed by atoms with Crippen LogP contribution in [0.25, 0.3) is 0 Å². The molecule has 0 aliphatic rings. The zero-order chi connectivity index (χ0) is 24.6. The Kier molecular flexibility index (Phi) is 11.0. The summed E-state index contributed by atoms with van der Waals surface area (Å²) in [5.74, 6) is 0. The standard InChI is InChI=1S/2C12H11NO3S.Ba/c2*14-17(15,16)12-9-5-4-8-11(12)13-10-6-2-1-3-7-10;/h2*1-9,13H,(H,14,15,16);/q;;+2/p-2. The van der Waals surface area contributed by atoms with E-state index in [9.17, 15) is 25.9 Å². The molecule has 2 N–H and O–H groups in total. The second-order valence-corrected chi connectivity index (χ2v) is 9.58. The van der Waals surface area contributed by atoms with Gasteiger partial charge in [-0.3, -0.25) is 0 Å². The molecule has 0 saturated carbocycles. The van der Waals surface area contributed by atoms with Crippen molar-refractivity contribution in [3.8, 4) is 0 Å². The molecular formula is C24H20BaN2O6S2. The predicted octanol–water partition coefficient (Wildman–Crippen LogP) is 4.29. The van der Waals surface area contributed by atoms with Crippen LogP contribution in [0.2, 0.25) is 0 Å². The van der Waals surface area contributed by atoms with Crippen LogP contribution >= 0.6 is 0 Å². The Morgan fingerprint density at radius 3 is 1.06 bits per heavy atom. The zero-order valence-corrected chi connectivity index (χ0v) is 24.4. The molecule has 0 saturated heterocycles. The van der Waals surface area contributed by atoms with E-state index >= 15 is 0 Å². The van der Waals surface area contributed by atoms with Crippen molar-refractivity contribution in [2.75, 3.05) is 10.6 Å². The van der Waals surface area contributed by atoms with E-state index in [0.29, 0.717) is 0 Å². The summed E-state index contributed by atoms with van der Waals surface area (Å²) in [6, 6.07) is 30.1. The van der Waals surface area contributed by atoms with Crippen LogP contribution in [0.15, 0.2) is 119 Å². The molecule has 4 aromatic carbocycles. The number of anilines is 4. The molecule has 0 aliphatic heterocycles. The van der Waals surface area contributed by atoms with Crippen LogP contribution in [-0.2, 0) is 20.2 Å². The summed E-state index contributed by atoms with van der Waals surface area (Å²) in [7, 11) is -8.93. The summed E-state index contributed by atoms with van der Waals surface area (Å²) in [6.45, 7) is 0. The van der Waals surface area contributed by atoms with Gasteiger partial charge < -0.3 is 19.7 Å². The number of para-hydroxylation sites is 4. The maximum Gasteiger partial charge on any atom is 2.00 e. The third-order valence-corrected chi connectivity index (χ3v) is 6.21. The molecule has 0 atom stereocenters. The smallest absolute Gasteiger partial charge is 0.744 e. The van der Waals surface area contributed by atoms with E-state index in [2.05, 4.69) is 10.6 Å². The van der Waals surface area contributed by atoms with Crippen LogP contribution in [-0.4, -0.2) is 74.8 Å². The summed E-state index contributed by atoms with van der Waals surface area (Å²) in [6.07, 6.45) is 0. The van der Waals surface area contributed by atoms with Crippen molar-refractivity contribution in [2.45, 2.75) is 9.79 Å². The molecule has 4 aromatic rings. The third kappa shape index (κ3) is 9.11. The van der Waals surface area contributed by atoms with Gasteiger partial charge in [-0.2, -0.15) is 0 Å². The first-order chi connectivity index (χ1) is 16.1. The van der Waals surface area contributed by atoms with Crippen LogP contribution in [0.1, 0.15) is 0 Å². The van der Waals surface area contributed by atoms with Gasteiger partial charge in [0.25, 0.3) is 0 Å². The van der Waals surface area contributed by atoms with Gasteiger partial charge in [-0.1, -0.05) is 60.7 Å². The summed E-state index contributed by atoms with van der Waals surface area (Å²) in [5.41, 5.74) is 2.02. The number of benzene rings is 4. The summed E-state index contributed by atoms with van der Waals surface area (Å²) in [5, 5.41) is 5.80. The van der Waals surface area contributed by atoms with Crippen LogP contribution in [0.5, 0.6) is 0 Å². The predicted molar refractivity (Wildman–Crippen MR) is 134 cm³/mol. The van der Waals surface area contributed by atoms with Gasteiger partial charge in [0.15, 0.2) is 0 Å². The van der Waals surface area contributed by atoms with Gasteiger partial charge in [-0.05, 0) is 48.5 Å². The van der Waals surface area contributed by atoms with E-state index < -0.39 is 20.2 Å². The van der Waals surface area contributed by atoms with Crippen molar-refractivity contribution in [3.63, 3.8) is 0 Å². The molecule has 176 valence electrons. The fourth-order valence-electron chi connectivity index (χ4n) is 2.93. The molecule has 0 bridgehead atoms. The normalized spacial score (nSPS) is 10.8. The van der Waals surface area contributed by atoms with Gasteiger partial charge in [-0.25, -0.2) is 16.8 Å². The fraction of sp³-hybridized carbons (Fsp3) is 0.